The number of ether oxygens (including phenoxy) is 1. The number of nitro groups is 1. The van der Waals surface area contributed by atoms with Gasteiger partial charge in [0.25, 0.3) is 0 Å². The standard InChI is InChI=1S/C20H16F3N5O4/c1-27(15-6-4-3-5-14(15)19(29)32-2)18-16(28(30)31)17(24-11-25-18)26-13-9-7-12(8-10-13)20(21,22)23/h3-11H,1-2H3,(H,24,25,26). The number of halogens is 3. The van der Waals surface area contributed by atoms with Gasteiger partial charge in [-0.15, -0.1) is 0 Å². The second-order valence-corrected chi connectivity index (χ2v) is 6.42. The molecule has 166 valence electrons. The Labute approximate surface area is 179 Å². The first-order chi connectivity index (χ1) is 15.1. The van der Waals surface area contributed by atoms with Crippen LogP contribution in [0.25, 0.3) is 0 Å². The Morgan fingerprint density at radius 1 is 1.12 bits per heavy atom. The minimum absolute atomic E-state index is 0.143. The van der Waals surface area contributed by atoms with Crippen molar-refractivity contribution in [3.8, 4) is 0 Å². The predicted molar refractivity (Wildman–Crippen MR) is 109 cm³/mol. The molecule has 0 aliphatic heterocycles. The summed E-state index contributed by atoms with van der Waals surface area (Å²) in [4.78, 5) is 32.4. The Morgan fingerprint density at radius 2 is 1.78 bits per heavy atom. The highest BCUT2D eigenvalue weighted by Crippen LogP contribution is 2.37. The van der Waals surface area contributed by atoms with E-state index in [0.29, 0.717) is 5.69 Å². The fourth-order valence-electron chi connectivity index (χ4n) is 2.92. The third-order valence-corrected chi connectivity index (χ3v) is 4.45. The van der Waals surface area contributed by atoms with Crippen LogP contribution in [0.5, 0.6) is 0 Å². The van der Waals surface area contributed by atoms with Gasteiger partial charge in [0.15, 0.2) is 0 Å². The fourth-order valence-corrected chi connectivity index (χ4v) is 2.92. The number of benzene rings is 2. The molecule has 9 nitrogen and oxygen atoms in total. The average molecular weight is 447 g/mol. The van der Waals surface area contributed by atoms with Crippen LogP contribution in [-0.4, -0.2) is 35.0 Å². The summed E-state index contributed by atoms with van der Waals surface area (Å²) in [6.45, 7) is 0. The molecule has 0 saturated heterocycles. The highest BCUT2D eigenvalue weighted by Gasteiger charge is 2.31. The van der Waals surface area contributed by atoms with E-state index in [1.165, 1.54) is 25.1 Å². The van der Waals surface area contributed by atoms with Gasteiger partial charge in [-0.2, -0.15) is 13.2 Å². The lowest BCUT2D eigenvalue weighted by Crippen LogP contribution is -2.18. The van der Waals surface area contributed by atoms with E-state index in [2.05, 4.69) is 15.3 Å². The first kappa shape index (κ1) is 22.5. The van der Waals surface area contributed by atoms with E-state index in [0.717, 1.165) is 30.6 Å². The van der Waals surface area contributed by atoms with Gasteiger partial charge in [0.2, 0.25) is 11.6 Å². The van der Waals surface area contributed by atoms with Crippen LogP contribution >= 0.6 is 0 Å². The molecule has 0 saturated carbocycles. The van der Waals surface area contributed by atoms with E-state index in [4.69, 9.17) is 4.74 Å². The van der Waals surface area contributed by atoms with E-state index in [1.807, 2.05) is 0 Å². The number of esters is 1. The molecule has 0 aliphatic rings. The van der Waals surface area contributed by atoms with Crippen LogP contribution in [0.3, 0.4) is 0 Å². The van der Waals surface area contributed by atoms with Gasteiger partial charge >= 0.3 is 17.8 Å². The molecule has 1 aromatic heterocycles. The summed E-state index contributed by atoms with van der Waals surface area (Å²) in [7, 11) is 2.68. The highest BCUT2D eigenvalue weighted by molar-refractivity contribution is 5.97. The smallest absolute Gasteiger partial charge is 0.416 e. The van der Waals surface area contributed by atoms with Crippen molar-refractivity contribution in [2.45, 2.75) is 6.18 Å². The monoisotopic (exact) mass is 447 g/mol. The van der Waals surface area contributed by atoms with Crippen LogP contribution in [0.1, 0.15) is 15.9 Å². The number of methoxy groups -OCH3 is 1. The average Bonchev–Trinajstić information content (AvgIpc) is 2.77. The van der Waals surface area contributed by atoms with Crippen molar-refractivity contribution in [2.75, 3.05) is 24.4 Å². The Kier molecular flexibility index (Phi) is 6.23. The van der Waals surface area contributed by atoms with E-state index in [9.17, 15) is 28.1 Å². The van der Waals surface area contributed by atoms with Crippen LogP contribution < -0.4 is 10.2 Å². The zero-order valence-corrected chi connectivity index (χ0v) is 16.8. The highest BCUT2D eigenvalue weighted by atomic mass is 19.4. The molecule has 0 atom stereocenters. The minimum Gasteiger partial charge on any atom is -0.465 e. The number of nitrogens with zero attached hydrogens (tertiary/aromatic N) is 4. The molecule has 3 rings (SSSR count). The van der Waals surface area contributed by atoms with Crippen LogP contribution in [0.2, 0.25) is 0 Å². The largest absolute Gasteiger partial charge is 0.465 e. The molecule has 3 aromatic rings. The van der Waals surface area contributed by atoms with Crippen molar-refractivity contribution >= 4 is 34.7 Å². The molecular formula is C20H16F3N5O4. The van der Waals surface area contributed by atoms with Gasteiger partial charge in [-0.3, -0.25) is 10.1 Å². The molecule has 0 fully saturated rings. The molecule has 0 radical (unpaired) electrons. The number of para-hydroxylation sites is 1. The van der Waals surface area contributed by atoms with E-state index in [-0.39, 0.29) is 22.9 Å². The van der Waals surface area contributed by atoms with Gasteiger partial charge in [-0.1, -0.05) is 12.1 Å². The van der Waals surface area contributed by atoms with Gasteiger partial charge in [0.1, 0.15) is 6.33 Å². The van der Waals surface area contributed by atoms with E-state index < -0.39 is 28.3 Å². The zero-order valence-electron chi connectivity index (χ0n) is 16.8. The third kappa shape index (κ3) is 4.58. The number of carbonyl (C=O) groups excluding carboxylic acids is 1. The SMILES string of the molecule is COC(=O)c1ccccc1N(C)c1ncnc(Nc2ccc(C(F)(F)F)cc2)c1[N+](=O)[O-]. The molecule has 32 heavy (non-hydrogen) atoms. The number of nitrogens with one attached hydrogen (secondary N) is 1. The van der Waals surface area contributed by atoms with E-state index in [1.54, 1.807) is 18.2 Å². The maximum atomic E-state index is 12.8. The number of anilines is 4. The first-order valence-corrected chi connectivity index (χ1v) is 8.98. The lowest BCUT2D eigenvalue weighted by atomic mass is 10.1. The number of hydrogen-bond acceptors (Lipinski definition) is 8. The Bertz CT molecular complexity index is 1150. The van der Waals surface area contributed by atoms with Crippen LogP contribution in [0.4, 0.5) is 41.9 Å². The molecule has 0 spiro atoms. The van der Waals surface area contributed by atoms with E-state index >= 15 is 0 Å². The molecule has 12 heteroatoms. The Balaban J connectivity index is 2.03. The number of carbonyl (C=O) groups is 1. The second-order valence-electron chi connectivity index (χ2n) is 6.42. The number of rotatable bonds is 6. The molecule has 0 bridgehead atoms. The molecule has 2 aromatic carbocycles. The first-order valence-electron chi connectivity index (χ1n) is 8.98. The summed E-state index contributed by atoms with van der Waals surface area (Å²) in [5.74, 6) is -1.02. The minimum atomic E-state index is -4.51. The van der Waals surface area contributed by atoms with Crippen molar-refractivity contribution in [1.29, 1.82) is 0 Å². The Hall–Kier alpha value is -4.22. The van der Waals surface area contributed by atoms with Crippen molar-refractivity contribution in [3.05, 3.63) is 76.1 Å². The maximum Gasteiger partial charge on any atom is 0.416 e. The van der Waals surface area contributed by atoms with Gasteiger partial charge in [0.05, 0.1) is 28.8 Å². The van der Waals surface area contributed by atoms with Crippen molar-refractivity contribution in [1.82, 2.24) is 9.97 Å². The molecule has 0 unspecified atom stereocenters. The Morgan fingerprint density at radius 3 is 2.38 bits per heavy atom. The van der Waals surface area contributed by atoms with Crippen LogP contribution in [-0.2, 0) is 10.9 Å². The predicted octanol–water partition coefficient (Wildman–Crippen LogP) is 4.70. The summed E-state index contributed by atoms with van der Waals surface area (Å²) in [6, 6.07) is 10.2. The van der Waals surface area contributed by atoms with Crippen molar-refractivity contribution in [3.63, 3.8) is 0 Å². The number of hydrogen-bond donors (Lipinski definition) is 1. The maximum absolute atomic E-state index is 12.8. The molecule has 1 heterocycles. The summed E-state index contributed by atoms with van der Waals surface area (Å²) < 4.78 is 43.0. The number of alkyl halides is 3. The van der Waals surface area contributed by atoms with Gasteiger partial charge < -0.3 is 15.0 Å². The molecule has 0 amide bonds. The van der Waals surface area contributed by atoms with Crippen LogP contribution in [0.15, 0.2) is 54.9 Å². The van der Waals surface area contributed by atoms with Gasteiger partial charge in [-0.25, -0.2) is 14.8 Å². The summed E-state index contributed by atoms with van der Waals surface area (Å²) in [6.07, 6.45) is -3.45. The fraction of sp³-hybridized carbons (Fsp3) is 0.150. The molecule has 0 aliphatic carbocycles. The van der Waals surface area contributed by atoms with Crippen molar-refractivity contribution < 1.29 is 27.6 Å². The molecular weight excluding hydrogens is 431 g/mol. The number of aromatic nitrogens is 2. The topological polar surface area (TPSA) is 110 Å². The van der Waals surface area contributed by atoms with Crippen molar-refractivity contribution in [2.24, 2.45) is 0 Å². The summed E-state index contributed by atoms with van der Waals surface area (Å²) >= 11 is 0. The van der Waals surface area contributed by atoms with Crippen LogP contribution in [0, 0.1) is 10.1 Å². The second kappa shape index (κ2) is 8.88. The summed E-state index contributed by atoms with van der Waals surface area (Å²) in [5, 5.41) is 14.5. The normalized spacial score (nSPS) is 11.0. The lowest BCUT2D eigenvalue weighted by molar-refractivity contribution is -0.383. The van der Waals surface area contributed by atoms with Gasteiger partial charge in [-0.05, 0) is 36.4 Å². The quantitative estimate of drug-likeness (QED) is 0.329. The lowest BCUT2D eigenvalue weighted by Gasteiger charge is -2.21. The summed E-state index contributed by atoms with van der Waals surface area (Å²) in [5.41, 5.74) is -0.790. The molecule has 1 N–H and O–H groups in total. The zero-order chi connectivity index (χ0) is 23.5. The third-order valence-electron chi connectivity index (χ3n) is 4.45. The van der Waals surface area contributed by atoms with Gasteiger partial charge in [0, 0.05) is 12.7 Å².